The third kappa shape index (κ3) is 4.32. The SMILES string of the molecule is O=C(Nc1nnc(SCC(=O)N2CCCc3ccccc32)s1)c1nc2ccccc2s1. The quantitative estimate of drug-likeness (QED) is 0.344. The van der Waals surface area contributed by atoms with Crippen LogP contribution in [0.15, 0.2) is 52.9 Å². The predicted molar refractivity (Wildman–Crippen MR) is 125 cm³/mol. The normalized spacial score (nSPS) is 13.2. The van der Waals surface area contributed by atoms with E-state index in [-0.39, 0.29) is 17.6 Å². The lowest BCUT2D eigenvalue weighted by atomic mass is 10.0. The summed E-state index contributed by atoms with van der Waals surface area (Å²) in [7, 11) is 0. The Labute approximate surface area is 190 Å². The zero-order valence-electron chi connectivity index (χ0n) is 16.3. The van der Waals surface area contributed by atoms with Crippen molar-refractivity contribution in [3.8, 4) is 0 Å². The van der Waals surface area contributed by atoms with Crippen molar-refractivity contribution in [3.05, 3.63) is 59.1 Å². The highest BCUT2D eigenvalue weighted by Gasteiger charge is 2.22. The van der Waals surface area contributed by atoms with Crippen molar-refractivity contribution in [2.75, 3.05) is 22.5 Å². The first-order valence-corrected chi connectivity index (χ1v) is 12.3. The van der Waals surface area contributed by atoms with Gasteiger partial charge in [-0.2, -0.15) is 0 Å². The van der Waals surface area contributed by atoms with Gasteiger partial charge in [0.1, 0.15) is 0 Å². The number of thioether (sulfide) groups is 1. The molecule has 2 aromatic heterocycles. The van der Waals surface area contributed by atoms with Crippen LogP contribution in [0.25, 0.3) is 10.2 Å². The molecule has 2 amide bonds. The van der Waals surface area contributed by atoms with Gasteiger partial charge in [-0.1, -0.05) is 53.4 Å². The number of para-hydroxylation sites is 2. The molecule has 156 valence electrons. The number of nitrogens with one attached hydrogen (secondary N) is 1. The first-order valence-electron chi connectivity index (χ1n) is 9.69. The number of fused-ring (bicyclic) bond motifs is 2. The molecule has 3 heterocycles. The molecule has 31 heavy (non-hydrogen) atoms. The van der Waals surface area contributed by atoms with Gasteiger partial charge in [0.05, 0.1) is 16.0 Å². The molecule has 10 heteroatoms. The number of rotatable bonds is 5. The van der Waals surface area contributed by atoms with Crippen LogP contribution >= 0.6 is 34.4 Å². The molecule has 1 N–H and O–H groups in total. The summed E-state index contributed by atoms with van der Waals surface area (Å²) in [6.07, 6.45) is 1.97. The predicted octanol–water partition coefficient (Wildman–Crippen LogP) is 4.47. The van der Waals surface area contributed by atoms with E-state index in [0.29, 0.717) is 14.5 Å². The Morgan fingerprint density at radius 1 is 1.06 bits per heavy atom. The summed E-state index contributed by atoms with van der Waals surface area (Å²) in [5, 5.41) is 11.6. The lowest BCUT2D eigenvalue weighted by Gasteiger charge is -2.29. The van der Waals surface area contributed by atoms with Crippen LogP contribution in [0.1, 0.15) is 21.8 Å². The molecule has 0 spiro atoms. The number of hydrogen-bond donors (Lipinski definition) is 1. The van der Waals surface area contributed by atoms with Gasteiger partial charge in [-0.25, -0.2) is 4.98 Å². The first kappa shape index (κ1) is 20.1. The van der Waals surface area contributed by atoms with Crippen LogP contribution in [-0.4, -0.2) is 39.3 Å². The van der Waals surface area contributed by atoms with Crippen LogP contribution in [0.2, 0.25) is 0 Å². The van der Waals surface area contributed by atoms with Crippen LogP contribution in [0, 0.1) is 0 Å². The zero-order chi connectivity index (χ0) is 21.2. The van der Waals surface area contributed by atoms with E-state index in [2.05, 4.69) is 26.6 Å². The van der Waals surface area contributed by atoms with Gasteiger partial charge in [-0.15, -0.1) is 21.5 Å². The Balaban J connectivity index is 1.20. The molecule has 0 radical (unpaired) electrons. The van der Waals surface area contributed by atoms with Crippen molar-refractivity contribution in [2.45, 2.75) is 17.2 Å². The molecule has 2 aromatic carbocycles. The van der Waals surface area contributed by atoms with Gasteiger partial charge in [0.15, 0.2) is 9.35 Å². The molecular weight excluding hydrogens is 450 g/mol. The lowest BCUT2D eigenvalue weighted by molar-refractivity contribution is -0.116. The second-order valence-corrected chi connectivity index (χ2v) is 10.1. The van der Waals surface area contributed by atoms with E-state index < -0.39 is 0 Å². The Kier molecular flexibility index (Phi) is 5.66. The number of nitrogens with zero attached hydrogens (tertiary/aromatic N) is 4. The average molecular weight is 468 g/mol. The summed E-state index contributed by atoms with van der Waals surface area (Å²) in [5.41, 5.74) is 3.01. The Morgan fingerprint density at radius 3 is 2.81 bits per heavy atom. The van der Waals surface area contributed by atoms with Crippen molar-refractivity contribution in [2.24, 2.45) is 0 Å². The fraction of sp³-hybridized carbons (Fsp3) is 0.190. The van der Waals surface area contributed by atoms with Crippen LogP contribution in [0.3, 0.4) is 0 Å². The smallest absolute Gasteiger partial charge is 0.286 e. The highest BCUT2D eigenvalue weighted by Crippen LogP contribution is 2.30. The molecule has 5 rings (SSSR count). The van der Waals surface area contributed by atoms with Gasteiger partial charge >= 0.3 is 0 Å². The van der Waals surface area contributed by atoms with E-state index in [1.807, 2.05) is 47.4 Å². The van der Waals surface area contributed by atoms with E-state index >= 15 is 0 Å². The van der Waals surface area contributed by atoms with Gasteiger partial charge in [0.25, 0.3) is 5.91 Å². The minimum absolute atomic E-state index is 0.0485. The molecule has 0 bridgehead atoms. The average Bonchev–Trinajstić information content (AvgIpc) is 3.44. The van der Waals surface area contributed by atoms with Gasteiger partial charge < -0.3 is 4.90 Å². The van der Waals surface area contributed by atoms with Crippen molar-refractivity contribution in [1.82, 2.24) is 15.2 Å². The monoisotopic (exact) mass is 467 g/mol. The maximum atomic E-state index is 12.8. The minimum atomic E-state index is -0.310. The third-order valence-corrected chi connectivity index (χ3v) is 7.84. The summed E-state index contributed by atoms with van der Waals surface area (Å²) in [4.78, 5) is 31.5. The molecule has 1 aliphatic rings. The number of benzene rings is 2. The second kappa shape index (κ2) is 8.74. The maximum Gasteiger partial charge on any atom is 0.286 e. The molecule has 0 atom stereocenters. The molecule has 0 saturated carbocycles. The van der Waals surface area contributed by atoms with E-state index in [1.54, 1.807) is 0 Å². The molecule has 0 saturated heterocycles. The number of carbonyl (C=O) groups excluding carboxylic acids is 2. The van der Waals surface area contributed by atoms with E-state index in [4.69, 9.17) is 0 Å². The number of anilines is 2. The van der Waals surface area contributed by atoms with Crippen LogP contribution in [-0.2, 0) is 11.2 Å². The topological polar surface area (TPSA) is 88.1 Å². The fourth-order valence-corrected chi connectivity index (χ4v) is 5.92. The molecule has 1 aliphatic heterocycles. The molecular formula is C21H17N5O2S3. The number of hydrogen-bond acceptors (Lipinski definition) is 8. The van der Waals surface area contributed by atoms with Crippen molar-refractivity contribution >= 4 is 67.3 Å². The summed E-state index contributed by atoms with van der Waals surface area (Å²) < 4.78 is 1.59. The van der Waals surface area contributed by atoms with Gasteiger partial charge in [-0.05, 0) is 36.6 Å². The van der Waals surface area contributed by atoms with Crippen molar-refractivity contribution in [3.63, 3.8) is 0 Å². The van der Waals surface area contributed by atoms with E-state index in [9.17, 15) is 9.59 Å². The number of aryl methyl sites for hydroxylation is 1. The van der Waals surface area contributed by atoms with Crippen molar-refractivity contribution in [1.29, 1.82) is 0 Å². The first-order chi connectivity index (χ1) is 15.2. The van der Waals surface area contributed by atoms with Gasteiger partial charge in [0, 0.05) is 12.2 Å². The van der Waals surface area contributed by atoms with Crippen LogP contribution in [0.4, 0.5) is 10.8 Å². The number of amides is 2. The molecule has 0 fully saturated rings. The molecule has 4 aromatic rings. The summed E-state index contributed by atoms with van der Waals surface area (Å²) in [5.74, 6) is 0.0109. The van der Waals surface area contributed by atoms with Crippen molar-refractivity contribution < 1.29 is 9.59 Å². The van der Waals surface area contributed by atoms with E-state index in [1.165, 1.54) is 40.0 Å². The summed E-state index contributed by atoms with van der Waals surface area (Å²) >= 11 is 3.92. The number of carbonyl (C=O) groups is 2. The number of thiazole rings is 1. The van der Waals surface area contributed by atoms with Gasteiger partial charge in [-0.3, -0.25) is 14.9 Å². The van der Waals surface area contributed by atoms with Crippen LogP contribution in [0.5, 0.6) is 0 Å². The lowest BCUT2D eigenvalue weighted by Crippen LogP contribution is -2.36. The standard InChI is InChI=1S/C21H17N5O2S3/c27-17(26-11-5-7-13-6-1-3-9-15(13)26)12-29-21-25-24-20(31-21)23-18(28)19-22-14-8-2-4-10-16(14)30-19/h1-4,6,8-10H,5,7,11-12H2,(H,23,24,28). The highest BCUT2D eigenvalue weighted by atomic mass is 32.2. The third-order valence-electron chi connectivity index (χ3n) is 4.85. The summed E-state index contributed by atoms with van der Waals surface area (Å²) in [6, 6.07) is 15.7. The Morgan fingerprint density at radius 2 is 1.90 bits per heavy atom. The van der Waals surface area contributed by atoms with E-state index in [0.717, 1.165) is 35.3 Å². The summed E-state index contributed by atoms with van der Waals surface area (Å²) in [6.45, 7) is 0.732. The largest absolute Gasteiger partial charge is 0.311 e. The zero-order valence-corrected chi connectivity index (χ0v) is 18.7. The van der Waals surface area contributed by atoms with Crippen LogP contribution < -0.4 is 10.2 Å². The Bertz CT molecular complexity index is 1240. The number of aromatic nitrogens is 3. The fourth-order valence-electron chi connectivity index (χ4n) is 3.43. The maximum absolute atomic E-state index is 12.8. The second-order valence-electron chi connectivity index (χ2n) is 6.88. The highest BCUT2D eigenvalue weighted by molar-refractivity contribution is 8.01. The minimum Gasteiger partial charge on any atom is -0.311 e. The molecule has 0 aliphatic carbocycles. The molecule has 0 unspecified atom stereocenters. The molecule has 7 nitrogen and oxygen atoms in total. The Hall–Kier alpha value is -2.82. The van der Waals surface area contributed by atoms with Gasteiger partial charge in [0.2, 0.25) is 11.0 Å².